The molecule has 0 bridgehead atoms. The summed E-state index contributed by atoms with van der Waals surface area (Å²) in [5.41, 5.74) is 0.258. The fourth-order valence-corrected chi connectivity index (χ4v) is 1.88. The number of methoxy groups -OCH3 is 2. The lowest BCUT2D eigenvalue weighted by atomic mass is 10.2. The third kappa shape index (κ3) is 4.43. The molecule has 5 nitrogen and oxygen atoms in total. The van der Waals surface area contributed by atoms with Gasteiger partial charge in [-0.05, 0) is 40.8 Å². The lowest BCUT2D eigenvalue weighted by Crippen LogP contribution is -2.35. The third-order valence-corrected chi connectivity index (χ3v) is 3.05. The van der Waals surface area contributed by atoms with Gasteiger partial charge >= 0.3 is 0 Å². The highest BCUT2D eigenvalue weighted by Gasteiger charge is 2.14. The molecule has 0 saturated carbocycles. The molecule has 1 rings (SSSR count). The van der Waals surface area contributed by atoms with E-state index < -0.39 is 0 Å². The molecular weight excluding hydrogens is 349 g/mol. The molecule has 6 heteroatoms. The Bertz CT molecular complexity index is 411. The van der Waals surface area contributed by atoms with Gasteiger partial charge in [0.15, 0.2) is 0 Å². The number of amides is 1. The van der Waals surface area contributed by atoms with E-state index in [9.17, 15) is 9.90 Å². The monoisotopic (exact) mass is 365 g/mol. The number of ether oxygens (including phenoxy) is 2. The lowest BCUT2D eigenvalue weighted by Gasteiger charge is -2.15. The summed E-state index contributed by atoms with van der Waals surface area (Å²) in [5, 5.41) is 12.3. The number of nitrogens with one attached hydrogen (secondary N) is 1. The Morgan fingerprint density at radius 1 is 1.50 bits per heavy atom. The predicted octanol–water partition coefficient (Wildman–Crippen LogP) is 1.39. The number of phenols is 1. The average molecular weight is 365 g/mol. The fourth-order valence-electron chi connectivity index (χ4n) is 1.39. The molecule has 0 aliphatic rings. The molecular formula is C12H16INO4. The zero-order chi connectivity index (χ0) is 13.5. The van der Waals surface area contributed by atoms with E-state index in [1.807, 2.05) is 0 Å². The molecule has 0 spiro atoms. The molecule has 2 N–H and O–H groups in total. The SMILES string of the molecule is COCC(CNC(=O)c1cc(I)ccc1O)OC. The van der Waals surface area contributed by atoms with Gasteiger partial charge in [-0.3, -0.25) is 4.79 Å². The highest BCUT2D eigenvalue weighted by atomic mass is 127. The first-order valence-electron chi connectivity index (χ1n) is 5.37. The summed E-state index contributed by atoms with van der Waals surface area (Å²) in [6.07, 6.45) is -0.205. The summed E-state index contributed by atoms with van der Waals surface area (Å²) in [4.78, 5) is 11.9. The van der Waals surface area contributed by atoms with Gasteiger partial charge in [0.25, 0.3) is 5.91 Å². The first kappa shape index (κ1) is 15.2. The van der Waals surface area contributed by atoms with Crippen molar-refractivity contribution in [3.05, 3.63) is 27.3 Å². The number of aromatic hydroxyl groups is 1. The summed E-state index contributed by atoms with van der Waals surface area (Å²) in [6, 6.07) is 4.86. The average Bonchev–Trinajstić information content (AvgIpc) is 2.37. The van der Waals surface area contributed by atoms with Crippen LogP contribution in [-0.4, -0.2) is 44.5 Å². The summed E-state index contributed by atoms with van der Waals surface area (Å²) < 4.78 is 11.0. The van der Waals surface area contributed by atoms with Gasteiger partial charge in [0, 0.05) is 24.3 Å². The summed E-state index contributed by atoms with van der Waals surface area (Å²) in [5.74, 6) is -0.363. The highest BCUT2D eigenvalue weighted by Crippen LogP contribution is 2.19. The maximum Gasteiger partial charge on any atom is 0.255 e. The number of benzene rings is 1. The fraction of sp³-hybridized carbons (Fsp3) is 0.417. The molecule has 0 heterocycles. The number of carbonyl (C=O) groups is 1. The van der Waals surface area contributed by atoms with E-state index in [-0.39, 0.29) is 23.3 Å². The lowest BCUT2D eigenvalue weighted by molar-refractivity contribution is 0.0285. The van der Waals surface area contributed by atoms with Crippen molar-refractivity contribution < 1.29 is 19.4 Å². The van der Waals surface area contributed by atoms with Crippen molar-refractivity contribution in [3.63, 3.8) is 0 Å². The maximum absolute atomic E-state index is 11.9. The largest absolute Gasteiger partial charge is 0.507 e. The first-order chi connectivity index (χ1) is 8.58. The molecule has 0 aliphatic heterocycles. The molecule has 1 amide bonds. The molecule has 1 aromatic carbocycles. The zero-order valence-corrected chi connectivity index (χ0v) is 12.4. The third-order valence-electron chi connectivity index (χ3n) is 2.38. The maximum atomic E-state index is 11.9. The number of rotatable bonds is 6. The Morgan fingerprint density at radius 3 is 2.83 bits per heavy atom. The van der Waals surface area contributed by atoms with Gasteiger partial charge < -0.3 is 19.9 Å². The van der Waals surface area contributed by atoms with Crippen molar-refractivity contribution >= 4 is 28.5 Å². The Labute approximate surface area is 120 Å². The van der Waals surface area contributed by atoms with Crippen LogP contribution in [0.2, 0.25) is 0 Å². The van der Waals surface area contributed by atoms with Crippen LogP contribution >= 0.6 is 22.6 Å². The molecule has 1 unspecified atom stereocenters. The molecule has 0 radical (unpaired) electrons. The number of hydrogen-bond acceptors (Lipinski definition) is 4. The van der Waals surface area contributed by atoms with E-state index in [1.165, 1.54) is 6.07 Å². The molecule has 1 aromatic rings. The Balaban J connectivity index is 2.62. The molecule has 1 atom stereocenters. The summed E-state index contributed by atoms with van der Waals surface area (Å²) in [7, 11) is 3.12. The minimum Gasteiger partial charge on any atom is -0.507 e. The van der Waals surface area contributed by atoms with Gasteiger partial charge in [-0.25, -0.2) is 0 Å². The van der Waals surface area contributed by atoms with E-state index in [4.69, 9.17) is 9.47 Å². The first-order valence-corrected chi connectivity index (χ1v) is 6.44. The van der Waals surface area contributed by atoms with E-state index >= 15 is 0 Å². The van der Waals surface area contributed by atoms with Crippen LogP contribution < -0.4 is 5.32 Å². The molecule has 18 heavy (non-hydrogen) atoms. The minimum absolute atomic E-state index is 0.0337. The van der Waals surface area contributed by atoms with Crippen molar-refractivity contribution in [2.75, 3.05) is 27.4 Å². The van der Waals surface area contributed by atoms with E-state index in [0.717, 1.165) is 3.57 Å². The second kappa shape index (κ2) is 7.55. The topological polar surface area (TPSA) is 67.8 Å². The van der Waals surface area contributed by atoms with Gasteiger partial charge in [-0.1, -0.05) is 0 Å². The van der Waals surface area contributed by atoms with Crippen molar-refractivity contribution in [2.24, 2.45) is 0 Å². The van der Waals surface area contributed by atoms with Gasteiger partial charge in [-0.2, -0.15) is 0 Å². The smallest absolute Gasteiger partial charge is 0.255 e. The molecule has 0 saturated heterocycles. The molecule has 0 aromatic heterocycles. The highest BCUT2D eigenvalue weighted by molar-refractivity contribution is 14.1. The number of hydrogen-bond donors (Lipinski definition) is 2. The standard InChI is InChI=1S/C12H16INO4/c1-17-7-9(18-2)6-14-12(16)10-5-8(13)3-4-11(10)15/h3-5,9,15H,6-7H2,1-2H3,(H,14,16). The van der Waals surface area contributed by atoms with Crippen LogP contribution in [0.5, 0.6) is 5.75 Å². The van der Waals surface area contributed by atoms with Crippen LogP contribution in [0.1, 0.15) is 10.4 Å². The normalized spacial score (nSPS) is 12.2. The van der Waals surface area contributed by atoms with Crippen molar-refractivity contribution in [2.45, 2.75) is 6.10 Å². The van der Waals surface area contributed by atoms with E-state index in [1.54, 1.807) is 26.4 Å². The van der Waals surface area contributed by atoms with Crippen molar-refractivity contribution in [3.8, 4) is 5.75 Å². The minimum atomic E-state index is -0.329. The van der Waals surface area contributed by atoms with Crippen LogP contribution in [0.3, 0.4) is 0 Å². The van der Waals surface area contributed by atoms with Gasteiger partial charge in [0.05, 0.1) is 18.3 Å². The van der Waals surface area contributed by atoms with Gasteiger partial charge in [0.1, 0.15) is 5.75 Å². The quantitative estimate of drug-likeness (QED) is 0.748. The van der Waals surface area contributed by atoms with Crippen LogP contribution in [0.15, 0.2) is 18.2 Å². The van der Waals surface area contributed by atoms with E-state index in [0.29, 0.717) is 13.2 Å². The van der Waals surface area contributed by atoms with Crippen molar-refractivity contribution in [1.29, 1.82) is 0 Å². The van der Waals surface area contributed by atoms with Crippen LogP contribution in [0, 0.1) is 3.57 Å². The van der Waals surface area contributed by atoms with Crippen LogP contribution in [0.4, 0.5) is 0 Å². The van der Waals surface area contributed by atoms with Gasteiger partial charge in [-0.15, -0.1) is 0 Å². The van der Waals surface area contributed by atoms with Crippen LogP contribution in [-0.2, 0) is 9.47 Å². The van der Waals surface area contributed by atoms with E-state index in [2.05, 4.69) is 27.9 Å². The number of carbonyl (C=O) groups excluding carboxylic acids is 1. The number of halogens is 1. The molecule has 100 valence electrons. The predicted molar refractivity (Wildman–Crippen MR) is 75.8 cm³/mol. The second-order valence-electron chi connectivity index (χ2n) is 3.68. The molecule has 0 aliphatic carbocycles. The molecule has 0 fully saturated rings. The van der Waals surface area contributed by atoms with Crippen molar-refractivity contribution in [1.82, 2.24) is 5.32 Å². The Hall–Kier alpha value is -0.860. The summed E-state index contributed by atoms with van der Waals surface area (Å²) in [6.45, 7) is 0.725. The van der Waals surface area contributed by atoms with Gasteiger partial charge in [0.2, 0.25) is 0 Å². The number of phenolic OH excluding ortho intramolecular Hbond substituents is 1. The second-order valence-corrected chi connectivity index (χ2v) is 4.93. The zero-order valence-electron chi connectivity index (χ0n) is 10.3. The summed E-state index contributed by atoms with van der Waals surface area (Å²) >= 11 is 2.08. The Morgan fingerprint density at radius 2 is 2.22 bits per heavy atom. The Kier molecular flexibility index (Phi) is 6.37. The van der Waals surface area contributed by atoms with Crippen LogP contribution in [0.25, 0.3) is 0 Å².